The number of rotatable bonds is 4. The van der Waals surface area contributed by atoms with Crippen LogP contribution >= 0.6 is 11.6 Å². The molecule has 0 saturated heterocycles. The van der Waals surface area contributed by atoms with Crippen molar-refractivity contribution in [2.24, 2.45) is 0 Å². The van der Waals surface area contributed by atoms with Crippen molar-refractivity contribution in [1.82, 2.24) is 0 Å². The standard InChI is InChI=1S/C12H11ClFNO3S/c1-7(19(2,17)18)12(16)10(6-15)9-4-3-8(14)5-11(9)13/h3-5,7,10H,1-2H3. The van der Waals surface area contributed by atoms with Crippen molar-refractivity contribution in [1.29, 1.82) is 5.26 Å². The summed E-state index contributed by atoms with van der Waals surface area (Å²) in [6.07, 6.45) is 0.913. The fourth-order valence-electron chi connectivity index (χ4n) is 1.47. The molecule has 1 aromatic carbocycles. The van der Waals surface area contributed by atoms with E-state index in [4.69, 9.17) is 16.9 Å². The summed E-state index contributed by atoms with van der Waals surface area (Å²) in [4.78, 5) is 12.0. The zero-order valence-electron chi connectivity index (χ0n) is 10.2. The average Bonchev–Trinajstić information content (AvgIpc) is 2.30. The number of Topliss-reactive ketones (excluding diaryl/α,β-unsaturated/α-hetero) is 1. The molecule has 4 nitrogen and oxygen atoms in total. The quantitative estimate of drug-likeness (QED) is 0.853. The molecule has 0 bridgehead atoms. The monoisotopic (exact) mass is 303 g/mol. The summed E-state index contributed by atoms with van der Waals surface area (Å²) >= 11 is 5.77. The first-order valence-electron chi connectivity index (χ1n) is 5.25. The van der Waals surface area contributed by atoms with Gasteiger partial charge in [-0.1, -0.05) is 17.7 Å². The van der Waals surface area contributed by atoms with Gasteiger partial charge in [-0.25, -0.2) is 12.8 Å². The highest BCUT2D eigenvalue weighted by Gasteiger charge is 2.32. The Kier molecular flexibility index (Phi) is 4.66. The van der Waals surface area contributed by atoms with E-state index in [1.54, 1.807) is 6.07 Å². The maximum Gasteiger partial charge on any atom is 0.172 e. The lowest BCUT2D eigenvalue weighted by atomic mass is 9.94. The van der Waals surface area contributed by atoms with E-state index in [2.05, 4.69) is 0 Å². The fraction of sp³-hybridized carbons (Fsp3) is 0.333. The Morgan fingerprint density at radius 1 is 1.47 bits per heavy atom. The van der Waals surface area contributed by atoms with Crippen LogP contribution in [0.1, 0.15) is 18.4 Å². The molecule has 0 saturated carbocycles. The van der Waals surface area contributed by atoms with Crippen molar-refractivity contribution in [2.75, 3.05) is 6.26 Å². The van der Waals surface area contributed by atoms with E-state index in [0.717, 1.165) is 18.4 Å². The van der Waals surface area contributed by atoms with Gasteiger partial charge in [-0.05, 0) is 24.6 Å². The first kappa shape index (κ1) is 15.6. The van der Waals surface area contributed by atoms with Crippen molar-refractivity contribution in [3.63, 3.8) is 0 Å². The number of hydrogen-bond donors (Lipinski definition) is 0. The van der Waals surface area contributed by atoms with Gasteiger partial charge in [0, 0.05) is 11.3 Å². The molecular weight excluding hydrogens is 293 g/mol. The van der Waals surface area contributed by atoms with E-state index >= 15 is 0 Å². The number of carbonyl (C=O) groups is 1. The molecule has 0 radical (unpaired) electrons. The number of carbonyl (C=O) groups excluding carboxylic acids is 1. The minimum Gasteiger partial charge on any atom is -0.296 e. The maximum absolute atomic E-state index is 12.9. The SMILES string of the molecule is CC(C(=O)C(C#N)c1ccc(F)cc1Cl)S(C)(=O)=O. The lowest BCUT2D eigenvalue weighted by molar-refractivity contribution is -0.118. The zero-order chi connectivity index (χ0) is 14.8. The molecule has 0 aromatic heterocycles. The molecule has 0 N–H and O–H groups in total. The van der Waals surface area contributed by atoms with Gasteiger partial charge in [0.1, 0.15) is 17.0 Å². The van der Waals surface area contributed by atoms with Gasteiger partial charge in [-0.15, -0.1) is 0 Å². The molecule has 0 aliphatic rings. The molecule has 0 aliphatic carbocycles. The van der Waals surface area contributed by atoms with E-state index in [1.807, 2.05) is 0 Å². The second-order valence-electron chi connectivity index (χ2n) is 4.10. The van der Waals surface area contributed by atoms with Crippen molar-refractivity contribution in [3.05, 3.63) is 34.6 Å². The predicted molar refractivity (Wildman–Crippen MR) is 69.1 cm³/mol. The lowest BCUT2D eigenvalue weighted by Gasteiger charge is -2.14. The van der Waals surface area contributed by atoms with Crippen LogP contribution in [0.15, 0.2) is 18.2 Å². The Hall–Kier alpha value is -1.45. The normalized spacial score (nSPS) is 14.5. The molecule has 0 aliphatic heterocycles. The van der Waals surface area contributed by atoms with Crippen LogP contribution in [0.2, 0.25) is 5.02 Å². The van der Waals surface area contributed by atoms with E-state index < -0.39 is 32.6 Å². The van der Waals surface area contributed by atoms with Crippen molar-refractivity contribution < 1.29 is 17.6 Å². The van der Waals surface area contributed by atoms with Crippen LogP contribution in [0.5, 0.6) is 0 Å². The highest BCUT2D eigenvalue weighted by atomic mass is 35.5. The highest BCUT2D eigenvalue weighted by Crippen LogP contribution is 2.27. The Labute approximate surface area is 115 Å². The van der Waals surface area contributed by atoms with Crippen molar-refractivity contribution in [2.45, 2.75) is 18.1 Å². The van der Waals surface area contributed by atoms with Gasteiger partial charge >= 0.3 is 0 Å². The van der Waals surface area contributed by atoms with Gasteiger partial charge < -0.3 is 0 Å². The summed E-state index contributed by atoms with van der Waals surface area (Å²) in [5.74, 6) is -2.72. The smallest absolute Gasteiger partial charge is 0.172 e. The molecular formula is C12H11ClFNO3S. The van der Waals surface area contributed by atoms with Crippen LogP contribution in [0.25, 0.3) is 0 Å². The van der Waals surface area contributed by atoms with Crippen LogP contribution in [-0.2, 0) is 14.6 Å². The third kappa shape index (κ3) is 3.52. The minimum absolute atomic E-state index is 0.0828. The number of halogens is 2. The lowest BCUT2D eigenvalue weighted by Crippen LogP contribution is -2.30. The largest absolute Gasteiger partial charge is 0.296 e. The molecule has 2 atom stereocenters. The highest BCUT2D eigenvalue weighted by molar-refractivity contribution is 7.92. The molecule has 1 aromatic rings. The molecule has 2 unspecified atom stereocenters. The second-order valence-corrected chi connectivity index (χ2v) is 6.88. The first-order valence-corrected chi connectivity index (χ1v) is 7.59. The van der Waals surface area contributed by atoms with Gasteiger partial charge in [-0.2, -0.15) is 5.26 Å². The third-order valence-electron chi connectivity index (χ3n) is 2.73. The Balaban J connectivity index is 3.23. The topological polar surface area (TPSA) is 75.0 Å². The van der Waals surface area contributed by atoms with E-state index in [-0.39, 0.29) is 10.6 Å². The van der Waals surface area contributed by atoms with E-state index in [0.29, 0.717) is 0 Å². The second kappa shape index (κ2) is 5.68. The van der Waals surface area contributed by atoms with Gasteiger partial charge in [0.15, 0.2) is 15.6 Å². The maximum atomic E-state index is 12.9. The summed E-state index contributed by atoms with van der Waals surface area (Å²) < 4.78 is 35.6. The molecule has 0 amide bonds. The molecule has 0 spiro atoms. The number of hydrogen-bond acceptors (Lipinski definition) is 4. The Bertz CT molecular complexity index is 651. The van der Waals surface area contributed by atoms with E-state index in [9.17, 15) is 17.6 Å². The van der Waals surface area contributed by atoms with Gasteiger partial charge in [0.2, 0.25) is 0 Å². The summed E-state index contributed by atoms with van der Waals surface area (Å²) in [5.41, 5.74) is 0.103. The number of benzene rings is 1. The summed E-state index contributed by atoms with van der Waals surface area (Å²) in [6, 6.07) is 4.95. The molecule has 7 heteroatoms. The van der Waals surface area contributed by atoms with Gasteiger partial charge in [0.25, 0.3) is 0 Å². The van der Waals surface area contributed by atoms with Crippen LogP contribution in [0.4, 0.5) is 4.39 Å². The molecule has 102 valence electrons. The number of sulfone groups is 1. The molecule has 19 heavy (non-hydrogen) atoms. The van der Waals surface area contributed by atoms with Crippen LogP contribution in [0.3, 0.4) is 0 Å². The fourth-order valence-corrected chi connectivity index (χ4v) is 2.30. The Morgan fingerprint density at radius 2 is 2.05 bits per heavy atom. The van der Waals surface area contributed by atoms with Crippen LogP contribution < -0.4 is 0 Å². The van der Waals surface area contributed by atoms with Gasteiger partial charge in [-0.3, -0.25) is 4.79 Å². The average molecular weight is 304 g/mol. The minimum atomic E-state index is -3.60. The first-order chi connectivity index (χ1) is 8.68. The molecule has 0 fully saturated rings. The summed E-state index contributed by atoms with van der Waals surface area (Å²) in [5, 5.41) is 7.64. The molecule has 0 heterocycles. The van der Waals surface area contributed by atoms with Gasteiger partial charge in [0.05, 0.1) is 6.07 Å². The zero-order valence-corrected chi connectivity index (χ0v) is 11.8. The summed E-state index contributed by atoms with van der Waals surface area (Å²) in [7, 11) is -3.60. The number of ketones is 1. The van der Waals surface area contributed by atoms with Crippen LogP contribution in [0, 0.1) is 17.1 Å². The number of nitriles is 1. The van der Waals surface area contributed by atoms with E-state index in [1.165, 1.54) is 13.0 Å². The van der Waals surface area contributed by atoms with Crippen LogP contribution in [-0.4, -0.2) is 25.7 Å². The summed E-state index contributed by atoms with van der Waals surface area (Å²) in [6.45, 7) is 1.21. The molecule has 1 rings (SSSR count). The number of nitrogens with zero attached hydrogens (tertiary/aromatic N) is 1. The van der Waals surface area contributed by atoms with Crippen molar-refractivity contribution >= 4 is 27.2 Å². The Morgan fingerprint density at radius 3 is 2.47 bits per heavy atom. The third-order valence-corrected chi connectivity index (χ3v) is 4.57. The van der Waals surface area contributed by atoms with Crippen molar-refractivity contribution in [3.8, 4) is 6.07 Å². The predicted octanol–water partition coefficient (Wildman–Crippen LogP) is 2.09.